The minimum atomic E-state index is 0.762. The van der Waals surface area contributed by atoms with Gasteiger partial charge >= 0.3 is 0 Å². The molecule has 2 aromatic rings. The Morgan fingerprint density at radius 2 is 1.65 bits per heavy atom. The number of methoxy groups -OCH3 is 2. The molecule has 0 heterocycles. The minimum absolute atomic E-state index is 0.762. The van der Waals surface area contributed by atoms with Crippen molar-refractivity contribution in [3.8, 4) is 11.5 Å². The molecule has 2 nitrogen and oxygen atoms in total. The highest BCUT2D eigenvalue weighted by atomic mass is 16.5. The quantitative estimate of drug-likeness (QED) is 0.775. The lowest BCUT2D eigenvalue weighted by molar-refractivity contribution is 0.354. The van der Waals surface area contributed by atoms with Gasteiger partial charge in [0.1, 0.15) is 0 Å². The minimum Gasteiger partial charge on any atom is -0.493 e. The maximum atomic E-state index is 5.32. The fourth-order valence-electron chi connectivity index (χ4n) is 2.15. The van der Waals surface area contributed by atoms with Crippen molar-refractivity contribution in [2.75, 3.05) is 14.2 Å². The average Bonchev–Trinajstić information content (AvgIpc) is 2.53. The SMILES string of the molecule is C=C(CCc1ccc(OC)c(OC)c1)c1ccccc1. The molecule has 0 aliphatic heterocycles. The van der Waals surface area contributed by atoms with Gasteiger partial charge in [0.2, 0.25) is 0 Å². The van der Waals surface area contributed by atoms with E-state index in [-0.39, 0.29) is 0 Å². The fraction of sp³-hybridized carbons (Fsp3) is 0.222. The summed E-state index contributed by atoms with van der Waals surface area (Å²) in [6, 6.07) is 16.3. The summed E-state index contributed by atoms with van der Waals surface area (Å²) in [6.07, 6.45) is 1.87. The van der Waals surface area contributed by atoms with Gasteiger partial charge in [0, 0.05) is 0 Å². The molecule has 0 aliphatic carbocycles. The molecule has 0 aromatic heterocycles. The number of aryl methyl sites for hydroxylation is 1. The second-order valence-electron chi connectivity index (χ2n) is 4.66. The van der Waals surface area contributed by atoms with Crippen LogP contribution in [0.15, 0.2) is 55.1 Å². The topological polar surface area (TPSA) is 18.5 Å². The molecule has 0 saturated heterocycles. The monoisotopic (exact) mass is 268 g/mol. The summed E-state index contributed by atoms with van der Waals surface area (Å²) in [5.74, 6) is 1.54. The lowest BCUT2D eigenvalue weighted by Gasteiger charge is -2.10. The van der Waals surface area contributed by atoms with Crippen molar-refractivity contribution in [2.24, 2.45) is 0 Å². The van der Waals surface area contributed by atoms with Crippen LogP contribution in [0.3, 0.4) is 0 Å². The highest BCUT2D eigenvalue weighted by Gasteiger charge is 2.05. The predicted molar refractivity (Wildman–Crippen MR) is 83.3 cm³/mol. The third-order valence-electron chi connectivity index (χ3n) is 3.35. The van der Waals surface area contributed by atoms with Crippen LogP contribution in [0.4, 0.5) is 0 Å². The molecule has 0 amide bonds. The molecule has 104 valence electrons. The molecule has 0 bridgehead atoms. The van der Waals surface area contributed by atoms with Gasteiger partial charge in [0.05, 0.1) is 14.2 Å². The van der Waals surface area contributed by atoms with E-state index in [1.54, 1.807) is 14.2 Å². The smallest absolute Gasteiger partial charge is 0.160 e. The molecule has 0 spiro atoms. The summed E-state index contributed by atoms with van der Waals surface area (Å²) < 4.78 is 10.6. The average molecular weight is 268 g/mol. The second-order valence-corrected chi connectivity index (χ2v) is 4.66. The molecule has 2 aromatic carbocycles. The first-order chi connectivity index (χ1) is 9.74. The van der Waals surface area contributed by atoms with Gasteiger partial charge in [0.25, 0.3) is 0 Å². The Morgan fingerprint density at radius 3 is 2.30 bits per heavy atom. The van der Waals surface area contributed by atoms with E-state index in [9.17, 15) is 0 Å². The van der Waals surface area contributed by atoms with E-state index in [1.807, 2.05) is 30.3 Å². The zero-order valence-corrected chi connectivity index (χ0v) is 12.1. The highest BCUT2D eigenvalue weighted by Crippen LogP contribution is 2.28. The van der Waals surface area contributed by atoms with Crippen molar-refractivity contribution in [1.29, 1.82) is 0 Å². The zero-order chi connectivity index (χ0) is 14.4. The Labute approximate surface area is 120 Å². The molecule has 0 atom stereocenters. The Morgan fingerprint density at radius 1 is 0.950 bits per heavy atom. The van der Waals surface area contributed by atoms with E-state index >= 15 is 0 Å². The third kappa shape index (κ3) is 3.41. The molecule has 0 saturated carbocycles. The lowest BCUT2D eigenvalue weighted by atomic mass is 9.99. The van der Waals surface area contributed by atoms with Gasteiger partial charge in [-0.05, 0) is 41.7 Å². The highest BCUT2D eigenvalue weighted by molar-refractivity contribution is 5.63. The fourth-order valence-corrected chi connectivity index (χ4v) is 2.15. The first kappa shape index (κ1) is 14.2. The predicted octanol–water partition coefficient (Wildman–Crippen LogP) is 4.35. The molecule has 0 unspecified atom stereocenters. The molecule has 2 heteroatoms. The zero-order valence-electron chi connectivity index (χ0n) is 12.1. The Hall–Kier alpha value is -2.22. The summed E-state index contributed by atoms with van der Waals surface area (Å²) >= 11 is 0. The molecule has 20 heavy (non-hydrogen) atoms. The van der Waals surface area contributed by atoms with Gasteiger partial charge in [0.15, 0.2) is 11.5 Å². The van der Waals surface area contributed by atoms with Gasteiger partial charge < -0.3 is 9.47 Å². The van der Waals surface area contributed by atoms with Gasteiger partial charge in [-0.25, -0.2) is 0 Å². The van der Waals surface area contributed by atoms with E-state index in [0.29, 0.717) is 0 Å². The molecule has 0 N–H and O–H groups in total. The van der Waals surface area contributed by atoms with Crippen LogP contribution in [-0.4, -0.2) is 14.2 Å². The van der Waals surface area contributed by atoms with Gasteiger partial charge in [-0.1, -0.05) is 43.0 Å². The summed E-state index contributed by atoms with van der Waals surface area (Å²) in [4.78, 5) is 0. The summed E-state index contributed by atoms with van der Waals surface area (Å²) in [5.41, 5.74) is 3.58. The van der Waals surface area contributed by atoms with Crippen LogP contribution in [0.1, 0.15) is 17.5 Å². The molecule has 0 radical (unpaired) electrons. The molecular formula is C18H20O2. The van der Waals surface area contributed by atoms with Crippen molar-refractivity contribution >= 4 is 5.57 Å². The maximum absolute atomic E-state index is 5.32. The van der Waals surface area contributed by atoms with E-state index in [1.165, 1.54) is 11.1 Å². The van der Waals surface area contributed by atoms with Gasteiger partial charge in [-0.3, -0.25) is 0 Å². The second kappa shape index (κ2) is 6.80. The number of benzene rings is 2. The number of ether oxygens (including phenoxy) is 2. The lowest BCUT2D eigenvalue weighted by Crippen LogP contribution is -1.93. The van der Waals surface area contributed by atoms with Crippen molar-refractivity contribution in [3.05, 3.63) is 66.2 Å². The van der Waals surface area contributed by atoms with Crippen LogP contribution >= 0.6 is 0 Å². The number of hydrogen-bond donors (Lipinski definition) is 0. The number of allylic oxidation sites excluding steroid dienone is 1. The van der Waals surface area contributed by atoms with Crippen LogP contribution in [0.5, 0.6) is 11.5 Å². The number of rotatable bonds is 6. The van der Waals surface area contributed by atoms with Gasteiger partial charge in [-0.15, -0.1) is 0 Å². The first-order valence-electron chi connectivity index (χ1n) is 6.68. The van der Waals surface area contributed by atoms with E-state index in [4.69, 9.17) is 9.47 Å². The molecule has 0 aliphatic rings. The largest absolute Gasteiger partial charge is 0.493 e. The maximum Gasteiger partial charge on any atom is 0.160 e. The summed E-state index contributed by atoms with van der Waals surface area (Å²) in [7, 11) is 3.30. The van der Waals surface area contributed by atoms with Crippen LogP contribution < -0.4 is 9.47 Å². The van der Waals surface area contributed by atoms with Crippen LogP contribution in [0.2, 0.25) is 0 Å². The Kier molecular flexibility index (Phi) is 4.83. The molecular weight excluding hydrogens is 248 g/mol. The normalized spacial score (nSPS) is 10.1. The van der Waals surface area contributed by atoms with Crippen LogP contribution in [0, 0.1) is 0 Å². The van der Waals surface area contributed by atoms with Crippen molar-refractivity contribution in [2.45, 2.75) is 12.8 Å². The van der Waals surface area contributed by atoms with Crippen LogP contribution in [-0.2, 0) is 6.42 Å². The summed E-state index contributed by atoms with van der Waals surface area (Å²) in [5, 5.41) is 0. The van der Waals surface area contributed by atoms with Crippen LogP contribution in [0.25, 0.3) is 5.57 Å². The third-order valence-corrected chi connectivity index (χ3v) is 3.35. The molecule has 2 rings (SSSR count). The standard InChI is InChI=1S/C18H20O2/c1-14(16-7-5-4-6-8-16)9-10-15-11-12-17(19-2)18(13-15)20-3/h4-8,11-13H,1,9-10H2,2-3H3. The molecule has 0 fully saturated rings. The summed E-state index contributed by atoms with van der Waals surface area (Å²) in [6.45, 7) is 4.16. The van der Waals surface area contributed by atoms with E-state index in [2.05, 4.69) is 24.8 Å². The Bertz CT molecular complexity index is 573. The van der Waals surface area contributed by atoms with E-state index in [0.717, 1.165) is 29.9 Å². The Balaban J connectivity index is 2.02. The van der Waals surface area contributed by atoms with E-state index < -0.39 is 0 Å². The van der Waals surface area contributed by atoms with Crippen molar-refractivity contribution in [3.63, 3.8) is 0 Å². The first-order valence-corrected chi connectivity index (χ1v) is 6.68. The number of hydrogen-bond acceptors (Lipinski definition) is 2. The van der Waals surface area contributed by atoms with Crippen molar-refractivity contribution < 1.29 is 9.47 Å². The van der Waals surface area contributed by atoms with Crippen molar-refractivity contribution in [1.82, 2.24) is 0 Å². The van der Waals surface area contributed by atoms with Gasteiger partial charge in [-0.2, -0.15) is 0 Å².